The molecule has 0 bridgehead atoms. The van der Waals surface area contributed by atoms with E-state index in [1.165, 1.54) is 0 Å². The van der Waals surface area contributed by atoms with Crippen LogP contribution < -0.4 is 11.1 Å². The van der Waals surface area contributed by atoms with Gasteiger partial charge in [-0.3, -0.25) is 14.9 Å². The monoisotopic (exact) mass is 295 g/mol. The number of carbonyl (C=O) groups excluding carboxylic acids is 1. The zero-order valence-electron chi connectivity index (χ0n) is 11.8. The van der Waals surface area contributed by atoms with Crippen LogP contribution in [0, 0.1) is 21.8 Å². The highest BCUT2D eigenvalue weighted by atomic mass is 19.1. The maximum atomic E-state index is 13.3. The normalized spacial score (nSPS) is 21.8. The highest BCUT2D eigenvalue weighted by Crippen LogP contribution is 2.26. The first-order valence-electron chi connectivity index (χ1n) is 6.92. The summed E-state index contributed by atoms with van der Waals surface area (Å²) in [4.78, 5) is 22.4. The summed E-state index contributed by atoms with van der Waals surface area (Å²) in [5, 5.41) is 13.7. The van der Waals surface area contributed by atoms with Crippen LogP contribution in [0.3, 0.4) is 0 Å². The van der Waals surface area contributed by atoms with Crippen LogP contribution in [-0.4, -0.2) is 16.9 Å². The van der Waals surface area contributed by atoms with Crippen molar-refractivity contribution in [1.82, 2.24) is 5.32 Å². The molecule has 6 nitrogen and oxygen atoms in total. The molecule has 0 spiro atoms. The Balaban J connectivity index is 2.18. The van der Waals surface area contributed by atoms with Gasteiger partial charge in [0.15, 0.2) is 5.82 Å². The molecular formula is C14H18FN3O3. The van der Waals surface area contributed by atoms with Gasteiger partial charge in [-0.05, 0) is 37.7 Å². The molecule has 1 amide bonds. The number of hydrogen-bond donors (Lipinski definition) is 2. The van der Waals surface area contributed by atoms with Gasteiger partial charge in [0.05, 0.1) is 16.7 Å². The van der Waals surface area contributed by atoms with Crippen molar-refractivity contribution < 1.29 is 14.1 Å². The van der Waals surface area contributed by atoms with Gasteiger partial charge in [0.25, 0.3) is 11.6 Å². The lowest BCUT2D eigenvalue weighted by molar-refractivity contribution is -0.385. The van der Waals surface area contributed by atoms with Crippen LogP contribution in [0.1, 0.15) is 43.0 Å². The molecule has 2 rings (SSSR count). The molecule has 114 valence electrons. The minimum Gasteiger partial charge on any atom is -0.396 e. The second-order valence-electron chi connectivity index (χ2n) is 5.58. The van der Waals surface area contributed by atoms with Crippen LogP contribution in [0.5, 0.6) is 0 Å². The molecule has 21 heavy (non-hydrogen) atoms. The first-order valence-corrected chi connectivity index (χ1v) is 6.92. The van der Waals surface area contributed by atoms with Crippen LogP contribution >= 0.6 is 0 Å². The summed E-state index contributed by atoms with van der Waals surface area (Å²) in [6.07, 6.45) is 3.71. The predicted octanol–water partition coefficient (Wildman–Crippen LogP) is 2.62. The number of nitrogens with one attached hydrogen (secondary N) is 1. The topological polar surface area (TPSA) is 98.3 Å². The molecule has 1 saturated carbocycles. The molecule has 0 heterocycles. The number of rotatable bonds is 3. The molecular weight excluding hydrogens is 277 g/mol. The maximum Gasteiger partial charge on any atom is 0.285 e. The van der Waals surface area contributed by atoms with E-state index in [1.807, 2.05) is 0 Å². The second-order valence-corrected chi connectivity index (χ2v) is 5.58. The second kappa shape index (κ2) is 6.07. The summed E-state index contributed by atoms with van der Waals surface area (Å²) in [6.45, 7) is 2.16. The van der Waals surface area contributed by atoms with Gasteiger partial charge in [-0.15, -0.1) is 0 Å². The van der Waals surface area contributed by atoms with Crippen molar-refractivity contribution in [3.63, 3.8) is 0 Å². The van der Waals surface area contributed by atoms with Gasteiger partial charge < -0.3 is 11.1 Å². The van der Waals surface area contributed by atoms with E-state index in [0.29, 0.717) is 12.0 Å². The summed E-state index contributed by atoms with van der Waals surface area (Å²) in [5.74, 6) is -0.841. The van der Waals surface area contributed by atoms with E-state index in [-0.39, 0.29) is 17.3 Å². The zero-order valence-corrected chi connectivity index (χ0v) is 11.8. The summed E-state index contributed by atoms with van der Waals surface area (Å²) in [6, 6.07) is 1.71. The van der Waals surface area contributed by atoms with E-state index in [0.717, 1.165) is 31.7 Å². The number of halogens is 1. The van der Waals surface area contributed by atoms with Crippen molar-refractivity contribution in [2.75, 3.05) is 5.73 Å². The first kappa shape index (κ1) is 15.2. The third kappa shape index (κ3) is 3.48. The fraction of sp³-hybridized carbons (Fsp3) is 0.500. The van der Waals surface area contributed by atoms with Crippen LogP contribution in [0.2, 0.25) is 0 Å². The van der Waals surface area contributed by atoms with E-state index in [9.17, 15) is 19.3 Å². The molecule has 1 aromatic rings. The molecule has 1 aromatic carbocycles. The van der Waals surface area contributed by atoms with Crippen molar-refractivity contribution in [3.8, 4) is 0 Å². The van der Waals surface area contributed by atoms with E-state index in [4.69, 9.17) is 5.73 Å². The number of nitro groups is 1. The van der Waals surface area contributed by atoms with Gasteiger partial charge in [0.2, 0.25) is 0 Å². The van der Waals surface area contributed by atoms with Crippen molar-refractivity contribution in [3.05, 3.63) is 33.6 Å². The molecule has 3 N–H and O–H groups in total. The van der Waals surface area contributed by atoms with E-state index < -0.39 is 22.3 Å². The maximum absolute atomic E-state index is 13.3. The SMILES string of the molecule is CC1CCC(NC(=O)c2cc(N)c(F)cc2[N+](=O)[O-])CC1. The molecule has 0 saturated heterocycles. The molecule has 0 aromatic heterocycles. The number of carbonyl (C=O) groups is 1. The van der Waals surface area contributed by atoms with Gasteiger partial charge in [-0.2, -0.15) is 0 Å². The number of amides is 1. The Morgan fingerprint density at radius 3 is 2.57 bits per heavy atom. The third-order valence-corrected chi connectivity index (χ3v) is 3.91. The van der Waals surface area contributed by atoms with Crippen molar-refractivity contribution in [1.29, 1.82) is 0 Å². The highest BCUT2D eigenvalue weighted by molar-refractivity contribution is 5.99. The number of nitrogen functional groups attached to an aromatic ring is 1. The van der Waals surface area contributed by atoms with E-state index in [2.05, 4.69) is 12.2 Å². The summed E-state index contributed by atoms with van der Waals surface area (Å²) in [5.41, 5.74) is 4.36. The van der Waals surface area contributed by atoms with Crippen LogP contribution in [0.4, 0.5) is 15.8 Å². The number of anilines is 1. The fourth-order valence-corrected chi connectivity index (χ4v) is 2.58. The number of nitro benzene ring substituents is 1. The Bertz CT molecular complexity index is 569. The Kier molecular flexibility index (Phi) is 4.40. The van der Waals surface area contributed by atoms with E-state index >= 15 is 0 Å². The number of benzene rings is 1. The molecule has 1 aliphatic carbocycles. The molecule has 1 fully saturated rings. The van der Waals surface area contributed by atoms with Gasteiger partial charge in [-0.25, -0.2) is 4.39 Å². The minimum atomic E-state index is -0.898. The first-order chi connectivity index (χ1) is 9.88. The zero-order chi connectivity index (χ0) is 15.6. The quantitative estimate of drug-likeness (QED) is 0.508. The van der Waals surface area contributed by atoms with Gasteiger partial charge in [0, 0.05) is 6.04 Å². The average molecular weight is 295 g/mol. The molecule has 1 aliphatic rings. The van der Waals surface area contributed by atoms with Crippen LogP contribution in [-0.2, 0) is 0 Å². The molecule has 0 unspecified atom stereocenters. The largest absolute Gasteiger partial charge is 0.396 e. The lowest BCUT2D eigenvalue weighted by Gasteiger charge is -2.26. The van der Waals surface area contributed by atoms with E-state index in [1.54, 1.807) is 0 Å². The number of nitrogens with zero attached hydrogens (tertiary/aromatic N) is 1. The van der Waals surface area contributed by atoms with Gasteiger partial charge in [0.1, 0.15) is 5.56 Å². The average Bonchev–Trinajstić information content (AvgIpc) is 2.43. The van der Waals surface area contributed by atoms with Gasteiger partial charge >= 0.3 is 0 Å². The van der Waals surface area contributed by atoms with Gasteiger partial charge in [-0.1, -0.05) is 6.92 Å². The lowest BCUT2D eigenvalue weighted by Crippen LogP contribution is -2.37. The predicted molar refractivity (Wildman–Crippen MR) is 76.4 cm³/mol. The Labute approximate surface area is 121 Å². The fourth-order valence-electron chi connectivity index (χ4n) is 2.58. The van der Waals surface area contributed by atoms with Crippen LogP contribution in [0.15, 0.2) is 12.1 Å². The van der Waals surface area contributed by atoms with Crippen LogP contribution in [0.25, 0.3) is 0 Å². The summed E-state index contributed by atoms with van der Waals surface area (Å²) in [7, 11) is 0. The Morgan fingerprint density at radius 1 is 1.38 bits per heavy atom. The standard InChI is InChI=1S/C14H18FN3O3/c1-8-2-4-9(5-3-8)17-14(19)10-6-12(16)11(15)7-13(10)18(20)21/h6-9H,2-5,16H2,1H3,(H,17,19). The Hall–Kier alpha value is -2.18. The number of nitrogens with two attached hydrogens (primary N) is 1. The molecule has 0 atom stereocenters. The molecule has 7 heteroatoms. The smallest absolute Gasteiger partial charge is 0.285 e. The van der Waals surface area contributed by atoms with Crippen molar-refractivity contribution >= 4 is 17.3 Å². The summed E-state index contributed by atoms with van der Waals surface area (Å²) < 4.78 is 13.3. The molecule has 0 aliphatic heterocycles. The molecule has 0 radical (unpaired) electrons. The van der Waals surface area contributed by atoms with Crippen molar-refractivity contribution in [2.45, 2.75) is 38.6 Å². The van der Waals surface area contributed by atoms with Crippen molar-refractivity contribution in [2.24, 2.45) is 5.92 Å². The summed E-state index contributed by atoms with van der Waals surface area (Å²) >= 11 is 0. The Morgan fingerprint density at radius 2 is 2.00 bits per heavy atom. The minimum absolute atomic E-state index is 0.000387. The third-order valence-electron chi connectivity index (χ3n) is 3.91. The number of hydrogen-bond acceptors (Lipinski definition) is 4. The lowest BCUT2D eigenvalue weighted by atomic mass is 9.87. The highest BCUT2D eigenvalue weighted by Gasteiger charge is 2.26.